The number of carbonyl (C=O) groups is 1. The van der Waals surface area contributed by atoms with Crippen molar-refractivity contribution < 1.29 is 13.2 Å². The SMILES string of the molecule is O=C(CCS(=O)(=O)c1ccccc1)N1CCCC(c2cc(NCc3cccnc3)n3ncc(Br)c3n2)C1. The lowest BCUT2D eigenvalue weighted by Gasteiger charge is -2.33. The Bertz CT molecular complexity index is 1500. The van der Waals surface area contributed by atoms with E-state index >= 15 is 0 Å². The van der Waals surface area contributed by atoms with Gasteiger partial charge in [-0.1, -0.05) is 24.3 Å². The van der Waals surface area contributed by atoms with Gasteiger partial charge in [0.2, 0.25) is 5.91 Å². The minimum absolute atomic E-state index is 0.0363. The van der Waals surface area contributed by atoms with Crippen LogP contribution in [0.1, 0.15) is 36.4 Å². The molecule has 192 valence electrons. The smallest absolute Gasteiger partial charge is 0.223 e. The molecule has 4 aromatic rings. The summed E-state index contributed by atoms with van der Waals surface area (Å²) in [6.45, 7) is 1.70. The highest BCUT2D eigenvalue weighted by atomic mass is 79.9. The maximum atomic E-state index is 13.0. The van der Waals surface area contributed by atoms with Crippen LogP contribution in [0.25, 0.3) is 5.65 Å². The van der Waals surface area contributed by atoms with E-state index in [9.17, 15) is 13.2 Å². The summed E-state index contributed by atoms with van der Waals surface area (Å²) in [6.07, 6.45) is 6.95. The lowest BCUT2D eigenvalue weighted by atomic mass is 9.94. The van der Waals surface area contributed by atoms with Crippen molar-refractivity contribution in [1.29, 1.82) is 0 Å². The van der Waals surface area contributed by atoms with Crippen molar-refractivity contribution in [3.05, 3.63) is 82.9 Å². The second-order valence-corrected chi connectivity index (χ2v) is 12.0. The number of sulfone groups is 1. The topological polar surface area (TPSA) is 110 Å². The minimum atomic E-state index is -3.50. The molecule has 3 aromatic heterocycles. The summed E-state index contributed by atoms with van der Waals surface area (Å²) in [4.78, 5) is 24.1. The third kappa shape index (κ3) is 5.83. The number of piperidine rings is 1. The molecule has 1 atom stereocenters. The summed E-state index contributed by atoms with van der Waals surface area (Å²) < 4.78 is 27.8. The van der Waals surface area contributed by atoms with Gasteiger partial charge in [-0.2, -0.15) is 9.61 Å². The molecule has 0 saturated carbocycles. The Morgan fingerprint density at radius 1 is 1.14 bits per heavy atom. The van der Waals surface area contributed by atoms with Crippen LogP contribution in [0.3, 0.4) is 0 Å². The number of nitrogens with one attached hydrogen (secondary N) is 1. The number of amides is 1. The van der Waals surface area contributed by atoms with E-state index in [0.717, 1.165) is 34.4 Å². The number of rotatable bonds is 8. The van der Waals surface area contributed by atoms with Gasteiger partial charge in [0.05, 0.1) is 27.0 Å². The molecule has 0 aliphatic carbocycles. The van der Waals surface area contributed by atoms with Gasteiger partial charge in [-0.25, -0.2) is 13.4 Å². The van der Waals surface area contributed by atoms with Crippen molar-refractivity contribution >= 4 is 43.1 Å². The monoisotopic (exact) mass is 582 g/mol. The highest BCUT2D eigenvalue weighted by molar-refractivity contribution is 9.10. The van der Waals surface area contributed by atoms with Gasteiger partial charge in [-0.05, 0) is 52.5 Å². The third-order valence-corrected chi connectivity index (χ3v) is 8.82. The van der Waals surface area contributed by atoms with E-state index < -0.39 is 9.84 Å². The van der Waals surface area contributed by atoms with Gasteiger partial charge in [-0.15, -0.1) is 0 Å². The summed E-state index contributed by atoms with van der Waals surface area (Å²) in [5, 5.41) is 7.88. The fourth-order valence-electron chi connectivity index (χ4n) is 4.56. The first-order valence-corrected chi connectivity index (χ1v) is 14.6. The molecule has 0 radical (unpaired) electrons. The van der Waals surface area contributed by atoms with Crippen LogP contribution in [0.15, 0.2) is 76.5 Å². The van der Waals surface area contributed by atoms with E-state index in [4.69, 9.17) is 4.98 Å². The molecular formula is C26H27BrN6O3S. The second-order valence-electron chi connectivity index (χ2n) is 9.07. The van der Waals surface area contributed by atoms with E-state index in [1.54, 1.807) is 52.1 Å². The second kappa shape index (κ2) is 11.0. The third-order valence-electron chi connectivity index (χ3n) is 6.52. The van der Waals surface area contributed by atoms with Crippen LogP contribution in [0.2, 0.25) is 0 Å². The number of aromatic nitrogens is 4. The number of halogens is 1. The summed E-state index contributed by atoms with van der Waals surface area (Å²) in [5.74, 6) is 0.485. The zero-order valence-corrected chi connectivity index (χ0v) is 22.5. The Labute approximate surface area is 224 Å². The van der Waals surface area contributed by atoms with Crippen LogP contribution >= 0.6 is 15.9 Å². The first kappa shape index (κ1) is 25.3. The van der Waals surface area contributed by atoms with Crippen molar-refractivity contribution in [2.75, 3.05) is 24.2 Å². The number of pyridine rings is 1. The molecule has 1 unspecified atom stereocenters. The van der Waals surface area contributed by atoms with Gasteiger partial charge < -0.3 is 10.2 Å². The molecule has 1 aliphatic heterocycles. The number of hydrogen-bond donors (Lipinski definition) is 1. The standard InChI is InChI=1S/C26H27BrN6O3S/c27-22-17-30-33-24(29-16-19-6-4-11-28-15-19)14-23(31-26(22)33)20-7-5-12-32(18-20)25(34)10-13-37(35,36)21-8-2-1-3-9-21/h1-4,6,8-9,11,14-15,17,20,29H,5,7,10,12-13,16,18H2. The van der Waals surface area contributed by atoms with Crippen molar-refractivity contribution in [3.8, 4) is 0 Å². The fourth-order valence-corrected chi connectivity index (χ4v) is 6.15. The summed E-state index contributed by atoms with van der Waals surface area (Å²) in [6, 6.07) is 14.2. The van der Waals surface area contributed by atoms with Crippen LogP contribution in [0.4, 0.5) is 5.82 Å². The maximum Gasteiger partial charge on any atom is 0.223 e. The molecule has 1 saturated heterocycles. The lowest BCUT2D eigenvalue weighted by molar-refractivity contribution is -0.132. The molecule has 1 amide bonds. The molecule has 11 heteroatoms. The Morgan fingerprint density at radius 2 is 1.97 bits per heavy atom. The molecule has 0 spiro atoms. The number of fused-ring (bicyclic) bond motifs is 1. The Balaban J connectivity index is 1.30. The van der Waals surface area contributed by atoms with Crippen molar-refractivity contribution in [2.24, 2.45) is 0 Å². The van der Waals surface area contributed by atoms with E-state index in [0.29, 0.717) is 25.3 Å². The minimum Gasteiger partial charge on any atom is -0.366 e. The molecule has 9 nitrogen and oxygen atoms in total. The average molecular weight is 584 g/mol. The summed E-state index contributed by atoms with van der Waals surface area (Å²) in [7, 11) is -3.50. The van der Waals surface area contributed by atoms with Crippen LogP contribution < -0.4 is 5.32 Å². The van der Waals surface area contributed by atoms with Gasteiger partial charge in [-0.3, -0.25) is 9.78 Å². The predicted octanol–water partition coefficient (Wildman–Crippen LogP) is 4.07. The zero-order valence-electron chi connectivity index (χ0n) is 20.1. The van der Waals surface area contributed by atoms with Crippen LogP contribution in [-0.4, -0.2) is 57.6 Å². The Morgan fingerprint density at radius 3 is 2.76 bits per heavy atom. The van der Waals surface area contributed by atoms with Gasteiger partial charge in [0, 0.05) is 50.4 Å². The van der Waals surface area contributed by atoms with Crippen molar-refractivity contribution in [3.63, 3.8) is 0 Å². The molecule has 0 bridgehead atoms. The molecular weight excluding hydrogens is 556 g/mol. The van der Waals surface area contributed by atoms with Crippen molar-refractivity contribution in [1.82, 2.24) is 24.5 Å². The number of anilines is 1. The van der Waals surface area contributed by atoms with Gasteiger partial charge in [0.1, 0.15) is 5.82 Å². The number of hydrogen-bond acceptors (Lipinski definition) is 7. The van der Waals surface area contributed by atoms with Crippen molar-refractivity contribution in [2.45, 2.75) is 36.6 Å². The highest BCUT2D eigenvalue weighted by Gasteiger charge is 2.28. The predicted molar refractivity (Wildman–Crippen MR) is 144 cm³/mol. The molecule has 37 heavy (non-hydrogen) atoms. The number of nitrogens with zero attached hydrogens (tertiary/aromatic N) is 5. The average Bonchev–Trinajstić information content (AvgIpc) is 3.32. The maximum absolute atomic E-state index is 13.0. The first-order chi connectivity index (χ1) is 17.9. The van der Waals surface area contributed by atoms with E-state index in [-0.39, 0.29) is 28.9 Å². The highest BCUT2D eigenvalue weighted by Crippen LogP contribution is 2.30. The van der Waals surface area contributed by atoms with Crippen LogP contribution in [0, 0.1) is 0 Å². The molecule has 1 N–H and O–H groups in total. The van der Waals surface area contributed by atoms with Gasteiger partial charge in [0.25, 0.3) is 0 Å². The van der Waals surface area contributed by atoms with Gasteiger partial charge >= 0.3 is 0 Å². The molecule has 1 fully saturated rings. The molecule has 1 aliphatic rings. The first-order valence-electron chi connectivity index (χ1n) is 12.1. The lowest BCUT2D eigenvalue weighted by Crippen LogP contribution is -2.40. The number of carbonyl (C=O) groups excluding carboxylic acids is 1. The fraction of sp³-hybridized carbons (Fsp3) is 0.308. The van der Waals surface area contributed by atoms with E-state index in [2.05, 4.69) is 31.3 Å². The largest absolute Gasteiger partial charge is 0.366 e. The Kier molecular flexibility index (Phi) is 7.52. The summed E-state index contributed by atoms with van der Waals surface area (Å²) in [5.41, 5.74) is 2.61. The summed E-state index contributed by atoms with van der Waals surface area (Å²) >= 11 is 3.54. The zero-order chi connectivity index (χ0) is 25.8. The molecule has 1 aromatic carbocycles. The van der Waals surface area contributed by atoms with Crippen LogP contribution in [0.5, 0.6) is 0 Å². The van der Waals surface area contributed by atoms with Crippen LogP contribution in [-0.2, 0) is 21.2 Å². The normalized spacial score (nSPS) is 16.1. The van der Waals surface area contributed by atoms with E-state index in [1.807, 2.05) is 24.4 Å². The van der Waals surface area contributed by atoms with Gasteiger partial charge in [0.15, 0.2) is 15.5 Å². The number of likely N-dealkylation sites (tertiary alicyclic amines) is 1. The number of benzene rings is 1. The molecule has 4 heterocycles. The van der Waals surface area contributed by atoms with E-state index in [1.165, 1.54) is 0 Å². The molecule has 5 rings (SSSR count). The quantitative estimate of drug-likeness (QED) is 0.333. The Hall–Kier alpha value is -3.31.